The van der Waals surface area contributed by atoms with E-state index in [1.807, 2.05) is 31.1 Å². The summed E-state index contributed by atoms with van der Waals surface area (Å²) >= 11 is 0. The topological polar surface area (TPSA) is 82.9 Å². The Balaban J connectivity index is 1.77. The highest BCUT2D eigenvalue weighted by atomic mass is 32.2. The van der Waals surface area contributed by atoms with Gasteiger partial charge in [-0.05, 0) is 63.7 Å². The lowest BCUT2D eigenvalue weighted by atomic mass is 10.1. The third kappa shape index (κ3) is 4.88. The van der Waals surface area contributed by atoms with E-state index < -0.39 is 10.0 Å². The first-order valence-corrected chi connectivity index (χ1v) is 11.3. The van der Waals surface area contributed by atoms with Gasteiger partial charge in [-0.15, -0.1) is 0 Å². The second kappa shape index (κ2) is 9.11. The van der Waals surface area contributed by atoms with Crippen LogP contribution < -0.4 is 5.32 Å². The van der Waals surface area contributed by atoms with Crippen molar-refractivity contribution in [2.75, 3.05) is 33.7 Å². The number of piperidine rings is 1. The predicted molar refractivity (Wildman–Crippen MR) is 111 cm³/mol. The molecule has 7 nitrogen and oxygen atoms in total. The molecule has 1 atom stereocenters. The van der Waals surface area contributed by atoms with Gasteiger partial charge in [0.15, 0.2) is 0 Å². The summed E-state index contributed by atoms with van der Waals surface area (Å²) in [6.45, 7) is 3.18. The number of furan rings is 1. The molecule has 1 fully saturated rings. The summed E-state index contributed by atoms with van der Waals surface area (Å²) in [5.41, 5.74) is 0.983. The van der Waals surface area contributed by atoms with Gasteiger partial charge in [0, 0.05) is 25.2 Å². The molecule has 1 aromatic carbocycles. The Hall–Kier alpha value is -2.16. The number of rotatable bonds is 7. The molecule has 0 spiro atoms. The average molecular weight is 420 g/mol. The van der Waals surface area contributed by atoms with Crippen LogP contribution in [0.1, 0.15) is 47.0 Å². The van der Waals surface area contributed by atoms with Crippen LogP contribution in [-0.4, -0.2) is 57.3 Å². The largest absolute Gasteiger partial charge is 0.468 e. The maximum atomic E-state index is 13.1. The molecule has 1 N–H and O–H groups in total. The zero-order valence-electron chi connectivity index (χ0n) is 17.2. The fraction of sp³-hybridized carbons (Fsp3) is 0.476. The van der Waals surface area contributed by atoms with E-state index in [-0.39, 0.29) is 16.8 Å². The minimum Gasteiger partial charge on any atom is -0.468 e. The highest BCUT2D eigenvalue weighted by Crippen LogP contribution is 2.24. The highest BCUT2D eigenvalue weighted by Gasteiger charge is 2.28. The van der Waals surface area contributed by atoms with Gasteiger partial charge in [-0.1, -0.05) is 12.5 Å². The zero-order chi connectivity index (χ0) is 21.0. The molecule has 0 radical (unpaired) electrons. The molecule has 1 amide bonds. The standard InChI is InChI=1S/C21H29N3O4S/c1-16-9-10-17(14-20(16)29(26,27)24-11-5-4-6-12-24)21(25)22-15-18(23(2)3)19-8-7-13-28-19/h7-10,13-14,18H,4-6,11-12,15H2,1-3H3,(H,22,25). The van der Waals surface area contributed by atoms with E-state index in [1.165, 1.54) is 10.4 Å². The first-order valence-electron chi connectivity index (χ1n) is 9.89. The summed E-state index contributed by atoms with van der Waals surface area (Å²) in [6.07, 6.45) is 4.40. The van der Waals surface area contributed by atoms with Crippen molar-refractivity contribution in [1.82, 2.24) is 14.5 Å². The Bertz CT molecular complexity index is 933. The van der Waals surface area contributed by atoms with E-state index in [2.05, 4.69) is 5.32 Å². The van der Waals surface area contributed by atoms with Gasteiger partial charge in [-0.2, -0.15) is 4.31 Å². The number of likely N-dealkylation sites (N-methyl/N-ethyl adjacent to an activating group) is 1. The number of amides is 1. The highest BCUT2D eigenvalue weighted by molar-refractivity contribution is 7.89. The van der Waals surface area contributed by atoms with Crippen LogP contribution >= 0.6 is 0 Å². The van der Waals surface area contributed by atoms with Crippen molar-refractivity contribution in [3.63, 3.8) is 0 Å². The van der Waals surface area contributed by atoms with Gasteiger partial charge in [0.05, 0.1) is 17.2 Å². The Kier molecular flexibility index (Phi) is 6.77. The molecule has 1 unspecified atom stereocenters. The summed E-state index contributed by atoms with van der Waals surface area (Å²) in [5.74, 6) is 0.450. The third-order valence-corrected chi connectivity index (χ3v) is 7.37. The van der Waals surface area contributed by atoms with E-state index in [9.17, 15) is 13.2 Å². The Labute approximate surface area is 172 Å². The summed E-state index contributed by atoms with van der Waals surface area (Å²) in [5, 5.41) is 2.90. The molecule has 1 aliphatic rings. The van der Waals surface area contributed by atoms with Crippen LogP contribution in [0.2, 0.25) is 0 Å². The molecule has 1 aliphatic heterocycles. The Morgan fingerprint density at radius 1 is 1.21 bits per heavy atom. The fourth-order valence-corrected chi connectivity index (χ4v) is 5.34. The Morgan fingerprint density at radius 2 is 1.93 bits per heavy atom. The van der Waals surface area contributed by atoms with Crippen molar-refractivity contribution in [3.05, 3.63) is 53.5 Å². The van der Waals surface area contributed by atoms with Gasteiger partial charge >= 0.3 is 0 Å². The van der Waals surface area contributed by atoms with Gasteiger partial charge in [-0.3, -0.25) is 9.69 Å². The van der Waals surface area contributed by atoms with E-state index in [0.29, 0.717) is 30.8 Å². The minimum atomic E-state index is -3.60. The average Bonchev–Trinajstić information content (AvgIpc) is 3.23. The molecule has 1 aromatic heterocycles. The molecular weight excluding hydrogens is 390 g/mol. The summed E-state index contributed by atoms with van der Waals surface area (Å²) < 4.78 is 33.1. The van der Waals surface area contributed by atoms with Crippen LogP contribution in [0, 0.1) is 6.92 Å². The molecule has 0 aliphatic carbocycles. The van der Waals surface area contributed by atoms with Crippen LogP contribution in [0.4, 0.5) is 0 Å². The maximum Gasteiger partial charge on any atom is 0.251 e. The van der Waals surface area contributed by atoms with Crippen molar-refractivity contribution >= 4 is 15.9 Å². The van der Waals surface area contributed by atoms with Gasteiger partial charge in [0.2, 0.25) is 10.0 Å². The molecule has 1 saturated heterocycles. The van der Waals surface area contributed by atoms with E-state index >= 15 is 0 Å². The molecule has 2 aromatic rings. The molecule has 29 heavy (non-hydrogen) atoms. The quantitative estimate of drug-likeness (QED) is 0.746. The van der Waals surface area contributed by atoms with Gasteiger partial charge in [0.25, 0.3) is 5.91 Å². The van der Waals surface area contributed by atoms with Crippen LogP contribution in [0.15, 0.2) is 45.9 Å². The molecule has 158 valence electrons. The number of sulfonamides is 1. The third-order valence-electron chi connectivity index (χ3n) is 5.33. The number of benzene rings is 1. The fourth-order valence-electron chi connectivity index (χ4n) is 3.57. The molecule has 3 rings (SSSR count). The first-order chi connectivity index (χ1) is 13.8. The van der Waals surface area contributed by atoms with Crippen molar-refractivity contribution in [2.45, 2.75) is 37.1 Å². The maximum absolute atomic E-state index is 13.1. The summed E-state index contributed by atoms with van der Waals surface area (Å²) in [6, 6.07) is 8.42. The number of nitrogens with zero attached hydrogens (tertiary/aromatic N) is 2. The van der Waals surface area contributed by atoms with Crippen LogP contribution in [-0.2, 0) is 10.0 Å². The van der Waals surface area contributed by atoms with Crippen molar-refractivity contribution < 1.29 is 17.6 Å². The molecule has 8 heteroatoms. The lowest BCUT2D eigenvalue weighted by Crippen LogP contribution is -2.36. The lowest BCUT2D eigenvalue weighted by molar-refractivity contribution is 0.0939. The monoisotopic (exact) mass is 419 g/mol. The van der Waals surface area contributed by atoms with Gasteiger partial charge in [-0.25, -0.2) is 8.42 Å². The molecule has 2 heterocycles. The molecule has 0 bridgehead atoms. The number of hydrogen-bond acceptors (Lipinski definition) is 5. The summed E-state index contributed by atoms with van der Waals surface area (Å²) in [7, 11) is 0.224. The summed E-state index contributed by atoms with van der Waals surface area (Å²) in [4.78, 5) is 14.9. The normalized spacial score (nSPS) is 16.7. The molecular formula is C21H29N3O4S. The lowest BCUT2D eigenvalue weighted by Gasteiger charge is -2.26. The second-order valence-electron chi connectivity index (χ2n) is 7.65. The smallest absolute Gasteiger partial charge is 0.251 e. The zero-order valence-corrected chi connectivity index (χ0v) is 18.0. The van der Waals surface area contributed by atoms with Crippen molar-refractivity contribution in [2.24, 2.45) is 0 Å². The SMILES string of the molecule is Cc1ccc(C(=O)NCC(c2ccco2)N(C)C)cc1S(=O)(=O)N1CCCCC1. The Morgan fingerprint density at radius 3 is 2.55 bits per heavy atom. The van der Waals surface area contributed by atoms with Crippen LogP contribution in [0.5, 0.6) is 0 Å². The van der Waals surface area contributed by atoms with E-state index in [0.717, 1.165) is 25.0 Å². The predicted octanol–water partition coefficient (Wildman–Crippen LogP) is 2.80. The van der Waals surface area contributed by atoms with E-state index in [1.54, 1.807) is 25.3 Å². The second-order valence-corrected chi connectivity index (χ2v) is 9.56. The number of carbonyl (C=O) groups is 1. The van der Waals surface area contributed by atoms with E-state index in [4.69, 9.17) is 4.42 Å². The van der Waals surface area contributed by atoms with Crippen molar-refractivity contribution in [1.29, 1.82) is 0 Å². The number of hydrogen-bond donors (Lipinski definition) is 1. The van der Waals surface area contributed by atoms with Crippen LogP contribution in [0.25, 0.3) is 0 Å². The number of nitrogens with one attached hydrogen (secondary N) is 1. The van der Waals surface area contributed by atoms with Crippen LogP contribution in [0.3, 0.4) is 0 Å². The van der Waals surface area contributed by atoms with Gasteiger partial charge in [0.1, 0.15) is 5.76 Å². The van der Waals surface area contributed by atoms with Gasteiger partial charge < -0.3 is 9.73 Å². The number of aryl methyl sites for hydroxylation is 1. The number of carbonyl (C=O) groups excluding carboxylic acids is 1. The van der Waals surface area contributed by atoms with Crippen molar-refractivity contribution in [3.8, 4) is 0 Å². The first kappa shape index (κ1) is 21.5. The molecule has 0 saturated carbocycles. The minimum absolute atomic E-state index is 0.115.